The Morgan fingerprint density at radius 3 is 1.90 bits per heavy atom. The lowest BCUT2D eigenvalue weighted by molar-refractivity contribution is 0.102. The maximum atomic E-state index is 13.2. The number of carbonyl (C=O) groups is 1. The molecule has 0 atom stereocenters. The minimum atomic E-state index is -3.81. The van der Waals surface area contributed by atoms with Gasteiger partial charge in [-0.3, -0.25) is 13.8 Å². The summed E-state index contributed by atoms with van der Waals surface area (Å²) in [6, 6.07) is 24.1. The van der Waals surface area contributed by atoms with E-state index in [0.717, 1.165) is 16.0 Å². The Morgan fingerprint density at radius 1 is 0.756 bits per heavy atom. The number of aryl methyl sites for hydroxylation is 2. The van der Waals surface area contributed by atoms with Crippen LogP contribution >= 0.6 is 11.8 Å². The van der Waals surface area contributed by atoms with Crippen LogP contribution in [0.1, 0.15) is 28.4 Å². The van der Waals surface area contributed by atoms with E-state index in [1.165, 1.54) is 40.3 Å². The van der Waals surface area contributed by atoms with Gasteiger partial charge in [-0.15, -0.1) is 11.8 Å². The van der Waals surface area contributed by atoms with Crippen molar-refractivity contribution in [3.63, 3.8) is 0 Å². The van der Waals surface area contributed by atoms with Gasteiger partial charge < -0.3 is 5.32 Å². The summed E-state index contributed by atoms with van der Waals surface area (Å²) in [7, 11) is -7.59. The van der Waals surface area contributed by atoms with Crippen molar-refractivity contribution >= 4 is 54.8 Å². The average molecular weight is 610 g/mol. The molecule has 4 aromatic rings. The molecule has 0 heterocycles. The number of nitrogens with one attached hydrogen (secondary N) is 2. The van der Waals surface area contributed by atoms with E-state index in [1.807, 2.05) is 26.2 Å². The number of hydrogen-bond acceptors (Lipinski definition) is 6. The maximum Gasteiger partial charge on any atom is 0.264 e. The highest BCUT2D eigenvalue weighted by atomic mass is 32.2. The third-order valence-electron chi connectivity index (χ3n) is 6.53. The summed E-state index contributed by atoms with van der Waals surface area (Å²) in [5, 5.41) is 2.74. The van der Waals surface area contributed by atoms with Gasteiger partial charge in [0.15, 0.2) is 0 Å². The number of sulfonamides is 2. The highest BCUT2D eigenvalue weighted by Crippen LogP contribution is 2.26. The van der Waals surface area contributed by atoms with E-state index in [4.69, 9.17) is 0 Å². The van der Waals surface area contributed by atoms with Crippen LogP contribution in [0.5, 0.6) is 0 Å². The number of anilines is 3. The lowest BCUT2D eigenvalue weighted by atomic mass is 10.1. The molecule has 0 aliphatic carbocycles. The Kier molecular flexibility index (Phi) is 9.11. The molecule has 214 valence electrons. The average Bonchev–Trinajstić information content (AvgIpc) is 2.96. The molecule has 0 aliphatic heterocycles. The second kappa shape index (κ2) is 12.4. The fraction of sp³-hybridized carbons (Fsp3) is 0.167. The second-order valence-electron chi connectivity index (χ2n) is 9.28. The zero-order valence-electron chi connectivity index (χ0n) is 23.1. The van der Waals surface area contributed by atoms with Crippen LogP contribution in [0.3, 0.4) is 0 Å². The van der Waals surface area contributed by atoms with Crippen LogP contribution in [-0.2, 0) is 20.0 Å². The van der Waals surface area contributed by atoms with Crippen LogP contribution in [0.4, 0.5) is 17.1 Å². The fourth-order valence-corrected chi connectivity index (χ4v) is 7.02. The summed E-state index contributed by atoms with van der Waals surface area (Å²) in [6.45, 7) is 5.82. The van der Waals surface area contributed by atoms with Gasteiger partial charge in [0.1, 0.15) is 0 Å². The molecule has 0 aliphatic rings. The second-order valence-corrected chi connectivity index (χ2v) is 13.7. The molecule has 2 N–H and O–H groups in total. The molecule has 8 nitrogen and oxygen atoms in total. The summed E-state index contributed by atoms with van der Waals surface area (Å²) in [4.78, 5) is 14.1. The van der Waals surface area contributed by atoms with Crippen LogP contribution in [0.25, 0.3) is 0 Å². The Hall–Kier alpha value is -3.80. The minimum absolute atomic E-state index is 0.0574. The molecule has 4 rings (SSSR count). The van der Waals surface area contributed by atoms with Crippen LogP contribution in [0.2, 0.25) is 0 Å². The molecule has 0 fully saturated rings. The maximum absolute atomic E-state index is 13.2. The third kappa shape index (κ3) is 6.92. The first-order valence-electron chi connectivity index (χ1n) is 12.7. The van der Waals surface area contributed by atoms with Crippen molar-refractivity contribution in [1.82, 2.24) is 0 Å². The molecule has 1 amide bonds. The van der Waals surface area contributed by atoms with Crippen molar-refractivity contribution in [1.29, 1.82) is 0 Å². The van der Waals surface area contributed by atoms with Crippen molar-refractivity contribution < 1.29 is 21.6 Å². The molecule has 11 heteroatoms. The van der Waals surface area contributed by atoms with Gasteiger partial charge in [0.2, 0.25) is 0 Å². The SMILES string of the molecule is CCN(c1ccc(C(=O)Nc2ccc(S(=O)(=O)Nc3ccc(C)c(C)c3)cc2)cc1)S(=O)(=O)c1ccc(SC)cc1. The van der Waals surface area contributed by atoms with Crippen LogP contribution < -0.4 is 14.3 Å². The molecule has 41 heavy (non-hydrogen) atoms. The quantitative estimate of drug-likeness (QED) is 0.204. The first-order valence-corrected chi connectivity index (χ1v) is 16.9. The lowest BCUT2D eigenvalue weighted by Crippen LogP contribution is -2.30. The van der Waals surface area contributed by atoms with Gasteiger partial charge in [0, 0.05) is 28.4 Å². The number of thioether (sulfide) groups is 1. The van der Waals surface area contributed by atoms with E-state index in [2.05, 4.69) is 10.0 Å². The van der Waals surface area contributed by atoms with Crippen molar-refractivity contribution in [2.24, 2.45) is 0 Å². The smallest absolute Gasteiger partial charge is 0.264 e. The standard InChI is InChI=1S/C30H31N3O5S3/c1-5-33(41(37,38)29-18-14-27(39-4)15-19-29)26-12-7-23(8-13-26)30(34)31-24-10-16-28(17-11-24)40(35,36)32-25-9-6-21(2)22(3)20-25/h6-20,32H,5H2,1-4H3,(H,31,34). The molecule has 0 bridgehead atoms. The van der Waals surface area contributed by atoms with Gasteiger partial charge >= 0.3 is 0 Å². The fourth-order valence-electron chi connectivity index (χ4n) is 4.08. The predicted molar refractivity (Wildman–Crippen MR) is 166 cm³/mol. The topological polar surface area (TPSA) is 113 Å². The molecule has 0 spiro atoms. The zero-order valence-corrected chi connectivity index (χ0v) is 25.5. The number of carbonyl (C=O) groups excluding carboxylic acids is 1. The van der Waals surface area contributed by atoms with E-state index in [9.17, 15) is 21.6 Å². The first-order chi connectivity index (χ1) is 19.4. The molecule has 4 aromatic carbocycles. The minimum Gasteiger partial charge on any atom is -0.322 e. The van der Waals surface area contributed by atoms with E-state index < -0.39 is 26.0 Å². The highest BCUT2D eigenvalue weighted by Gasteiger charge is 2.24. The van der Waals surface area contributed by atoms with Crippen molar-refractivity contribution in [2.45, 2.75) is 35.5 Å². The summed E-state index contributed by atoms with van der Waals surface area (Å²) in [5.74, 6) is -0.418. The van der Waals surface area contributed by atoms with Gasteiger partial charge in [0.25, 0.3) is 26.0 Å². The van der Waals surface area contributed by atoms with Crippen LogP contribution in [0.15, 0.2) is 106 Å². The van der Waals surface area contributed by atoms with Gasteiger partial charge in [-0.1, -0.05) is 6.07 Å². The molecule has 0 unspecified atom stereocenters. The van der Waals surface area contributed by atoms with Gasteiger partial charge in [-0.2, -0.15) is 0 Å². The molecule has 0 radical (unpaired) electrons. The molecule has 0 saturated heterocycles. The Balaban J connectivity index is 1.44. The van der Waals surface area contributed by atoms with E-state index in [0.29, 0.717) is 22.6 Å². The first kappa shape index (κ1) is 30.2. The largest absolute Gasteiger partial charge is 0.322 e. The summed E-state index contributed by atoms with van der Waals surface area (Å²) >= 11 is 1.53. The number of rotatable bonds is 10. The van der Waals surface area contributed by atoms with Gasteiger partial charge in [0.05, 0.1) is 15.5 Å². The van der Waals surface area contributed by atoms with Crippen molar-refractivity contribution in [2.75, 3.05) is 27.1 Å². The van der Waals surface area contributed by atoms with Gasteiger partial charge in [-0.25, -0.2) is 16.8 Å². The summed E-state index contributed by atoms with van der Waals surface area (Å²) in [5.41, 5.74) is 3.67. The van der Waals surface area contributed by atoms with Crippen LogP contribution in [-0.4, -0.2) is 35.5 Å². The number of benzene rings is 4. The Morgan fingerprint density at radius 2 is 1.34 bits per heavy atom. The Bertz CT molecular complexity index is 1750. The third-order valence-corrected chi connectivity index (χ3v) is 10.6. The monoisotopic (exact) mass is 609 g/mol. The van der Waals surface area contributed by atoms with E-state index in [-0.39, 0.29) is 16.3 Å². The number of nitrogens with zero attached hydrogens (tertiary/aromatic N) is 1. The van der Waals surface area contributed by atoms with Crippen molar-refractivity contribution in [3.05, 3.63) is 108 Å². The number of amides is 1. The summed E-state index contributed by atoms with van der Waals surface area (Å²) < 4.78 is 56.0. The van der Waals surface area contributed by atoms with E-state index in [1.54, 1.807) is 67.6 Å². The Labute approximate surface area is 245 Å². The van der Waals surface area contributed by atoms with Gasteiger partial charge in [-0.05, 0) is 123 Å². The summed E-state index contributed by atoms with van der Waals surface area (Å²) in [6.07, 6.45) is 1.92. The molecular weight excluding hydrogens is 579 g/mol. The zero-order chi connectivity index (χ0) is 29.8. The predicted octanol–water partition coefficient (Wildman–Crippen LogP) is 6.29. The van der Waals surface area contributed by atoms with E-state index >= 15 is 0 Å². The van der Waals surface area contributed by atoms with Crippen molar-refractivity contribution in [3.8, 4) is 0 Å². The normalized spacial score (nSPS) is 11.6. The molecule has 0 saturated carbocycles. The van der Waals surface area contributed by atoms with Crippen LogP contribution in [0, 0.1) is 13.8 Å². The lowest BCUT2D eigenvalue weighted by Gasteiger charge is -2.23. The molecule has 0 aromatic heterocycles. The number of hydrogen-bond donors (Lipinski definition) is 2. The highest BCUT2D eigenvalue weighted by molar-refractivity contribution is 7.98. The molecular formula is C30H31N3O5S3.